The minimum atomic E-state index is -0.346. The second-order valence-electron chi connectivity index (χ2n) is 3.68. The Bertz CT molecular complexity index is 115. The highest BCUT2D eigenvalue weighted by Crippen LogP contribution is 2.00. The van der Waals surface area contributed by atoms with Gasteiger partial charge >= 0.3 is 0 Å². The molecule has 3 nitrogen and oxygen atoms in total. The fraction of sp³-hybridized carbons (Fsp3) is 1.00. The third kappa shape index (κ3) is 5.52. The van der Waals surface area contributed by atoms with E-state index in [0.717, 1.165) is 6.42 Å². The van der Waals surface area contributed by atoms with Gasteiger partial charge in [-0.2, -0.15) is 0 Å². The monoisotopic (exact) mass is 175 g/mol. The third-order valence-corrected chi connectivity index (χ3v) is 1.97. The first-order valence-corrected chi connectivity index (χ1v) is 4.55. The Morgan fingerprint density at radius 1 is 1.08 bits per heavy atom. The second kappa shape index (κ2) is 5.51. The van der Waals surface area contributed by atoms with Crippen molar-refractivity contribution in [3.8, 4) is 0 Å². The molecule has 0 spiro atoms. The zero-order valence-corrected chi connectivity index (χ0v) is 8.41. The number of nitrogens with one attached hydrogen (secondary N) is 1. The first-order valence-electron chi connectivity index (χ1n) is 4.55. The molecule has 3 heteroatoms. The van der Waals surface area contributed by atoms with Crippen LogP contribution < -0.4 is 5.32 Å². The van der Waals surface area contributed by atoms with E-state index >= 15 is 0 Å². The van der Waals surface area contributed by atoms with Crippen LogP contribution in [0.4, 0.5) is 0 Å². The number of hydrogen-bond donors (Lipinski definition) is 3. The summed E-state index contributed by atoms with van der Waals surface area (Å²) < 4.78 is 0. The van der Waals surface area contributed by atoms with Crippen molar-refractivity contribution in [3.63, 3.8) is 0 Å². The molecular weight excluding hydrogens is 154 g/mol. The van der Waals surface area contributed by atoms with Gasteiger partial charge in [0.2, 0.25) is 0 Å². The van der Waals surface area contributed by atoms with Gasteiger partial charge in [-0.15, -0.1) is 0 Å². The Kier molecular flexibility index (Phi) is 5.46. The third-order valence-electron chi connectivity index (χ3n) is 1.97. The van der Waals surface area contributed by atoms with Crippen molar-refractivity contribution >= 4 is 0 Å². The zero-order valence-electron chi connectivity index (χ0n) is 8.41. The maximum absolute atomic E-state index is 9.18. The van der Waals surface area contributed by atoms with Crippen LogP contribution in [0.1, 0.15) is 34.1 Å². The van der Waals surface area contributed by atoms with E-state index in [1.54, 1.807) is 13.8 Å². The van der Waals surface area contributed by atoms with Crippen LogP contribution in [0.15, 0.2) is 0 Å². The summed E-state index contributed by atoms with van der Waals surface area (Å²) in [5, 5.41) is 21.5. The molecule has 3 N–H and O–H groups in total. The molecular formula is C9H21NO2. The molecule has 12 heavy (non-hydrogen) atoms. The molecule has 74 valence electrons. The minimum Gasteiger partial charge on any atom is -0.393 e. The van der Waals surface area contributed by atoms with Crippen LogP contribution in [-0.2, 0) is 0 Å². The molecule has 0 bridgehead atoms. The number of aliphatic hydroxyl groups excluding tert-OH is 2. The Hall–Kier alpha value is -0.120. The van der Waals surface area contributed by atoms with Gasteiger partial charge in [-0.25, -0.2) is 0 Å². The van der Waals surface area contributed by atoms with Crippen LogP contribution >= 0.6 is 0 Å². The van der Waals surface area contributed by atoms with E-state index in [-0.39, 0.29) is 24.3 Å². The largest absolute Gasteiger partial charge is 0.393 e. The van der Waals surface area contributed by atoms with Gasteiger partial charge in [-0.05, 0) is 34.1 Å². The fourth-order valence-electron chi connectivity index (χ4n) is 1.17. The van der Waals surface area contributed by atoms with E-state index in [9.17, 15) is 5.11 Å². The van der Waals surface area contributed by atoms with Crippen LogP contribution in [0.5, 0.6) is 0 Å². The van der Waals surface area contributed by atoms with Gasteiger partial charge in [-0.1, -0.05) is 0 Å². The van der Waals surface area contributed by atoms with E-state index in [1.165, 1.54) is 0 Å². The molecule has 0 aliphatic heterocycles. The molecule has 0 aromatic rings. The molecule has 0 aromatic carbocycles. The highest BCUT2D eigenvalue weighted by atomic mass is 16.3. The highest BCUT2D eigenvalue weighted by Gasteiger charge is 2.12. The molecule has 0 rings (SSSR count). The van der Waals surface area contributed by atoms with Crippen LogP contribution in [-0.4, -0.2) is 34.5 Å². The van der Waals surface area contributed by atoms with Crippen molar-refractivity contribution in [1.82, 2.24) is 5.32 Å². The summed E-state index contributed by atoms with van der Waals surface area (Å²) in [7, 11) is 0. The molecule has 0 aliphatic rings. The average molecular weight is 175 g/mol. The second-order valence-corrected chi connectivity index (χ2v) is 3.68. The lowest BCUT2D eigenvalue weighted by molar-refractivity contribution is 0.130. The summed E-state index contributed by atoms with van der Waals surface area (Å²) in [6.07, 6.45) is 0.0898. The SMILES string of the molecule is CC(O)CC(C)NC(C)C(C)O. The molecule has 0 saturated heterocycles. The molecule has 0 amide bonds. The first kappa shape index (κ1) is 11.9. The van der Waals surface area contributed by atoms with Gasteiger partial charge in [0.25, 0.3) is 0 Å². The Labute approximate surface area is 74.8 Å². The van der Waals surface area contributed by atoms with Crippen LogP contribution in [0.2, 0.25) is 0 Å². The van der Waals surface area contributed by atoms with E-state index in [2.05, 4.69) is 5.32 Å². The van der Waals surface area contributed by atoms with E-state index in [0.29, 0.717) is 0 Å². The fourth-order valence-corrected chi connectivity index (χ4v) is 1.17. The summed E-state index contributed by atoms with van der Waals surface area (Å²) in [6.45, 7) is 7.47. The molecule has 0 radical (unpaired) electrons. The maximum atomic E-state index is 9.18. The number of aliphatic hydroxyl groups is 2. The van der Waals surface area contributed by atoms with E-state index < -0.39 is 0 Å². The summed E-state index contributed by atoms with van der Waals surface area (Å²) in [5.74, 6) is 0. The predicted molar refractivity (Wildman–Crippen MR) is 50.0 cm³/mol. The van der Waals surface area contributed by atoms with Gasteiger partial charge in [-0.3, -0.25) is 0 Å². The summed E-state index contributed by atoms with van der Waals surface area (Å²) >= 11 is 0. The Morgan fingerprint density at radius 2 is 1.58 bits per heavy atom. The molecule has 0 aliphatic carbocycles. The summed E-state index contributed by atoms with van der Waals surface area (Å²) in [6, 6.07) is 0.327. The zero-order chi connectivity index (χ0) is 9.72. The van der Waals surface area contributed by atoms with Gasteiger partial charge in [0.15, 0.2) is 0 Å². The number of rotatable bonds is 5. The van der Waals surface area contributed by atoms with Crippen molar-refractivity contribution in [2.45, 2.75) is 58.4 Å². The smallest absolute Gasteiger partial charge is 0.0662 e. The van der Waals surface area contributed by atoms with Crippen LogP contribution in [0.3, 0.4) is 0 Å². The van der Waals surface area contributed by atoms with E-state index in [1.807, 2.05) is 13.8 Å². The molecule has 4 atom stereocenters. The van der Waals surface area contributed by atoms with E-state index in [4.69, 9.17) is 5.11 Å². The standard InChI is InChI=1S/C9H21NO2/c1-6(5-7(2)11)10-8(3)9(4)12/h6-12H,5H2,1-4H3. The van der Waals surface area contributed by atoms with Crippen molar-refractivity contribution < 1.29 is 10.2 Å². The maximum Gasteiger partial charge on any atom is 0.0662 e. The predicted octanol–water partition coefficient (Wildman–Crippen LogP) is 0.505. The Balaban J connectivity index is 3.61. The number of hydrogen-bond acceptors (Lipinski definition) is 3. The van der Waals surface area contributed by atoms with Crippen LogP contribution in [0.25, 0.3) is 0 Å². The lowest BCUT2D eigenvalue weighted by atomic mass is 10.1. The molecule has 0 saturated carbocycles. The van der Waals surface area contributed by atoms with Gasteiger partial charge < -0.3 is 15.5 Å². The van der Waals surface area contributed by atoms with Crippen molar-refractivity contribution in [1.29, 1.82) is 0 Å². The van der Waals surface area contributed by atoms with Gasteiger partial charge in [0.05, 0.1) is 12.2 Å². The van der Waals surface area contributed by atoms with Gasteiger partial charge in [0, 0.05) is 12.1 Å². The Morgan fingerprint density at radius 3 is 1.92 bits per heavy atom. The molecule has 0 aromatic heterocycles. The molecule has 4 unspecified atom stereocenters. The lowest BCUT2D eigenvalue weighted by Gasteiger charge is -2.22. The lowest BCUT2D eigenvalue weighted by Crippen LogP contribution is -2.42. The molecule has 0 fully saturated rings. The minimum absolute atomic E-state index is 0.0822. The molecule has 0 heterocycles. The quantitative estimate of drug-likeness (QED) is 0.570. The first-order chi connectivity index (χ1) is 5.43. The normalized spacial score (nSPS) is 21.5. The highest BCUT2D eigenvalue weighted by molar-refractivity contribution is 4.72. The van der Waals surface area contributed by atoms with Gasteiger partial charge in [0.1, 0.15) is 0 Å². The summed E-state index contributed by atoms with van der Waals surface area (Å²) in [5.41, 5.74) is 0. The topological polar surface area (TPSA) is 52.5 Å². The average Bonchev–Trinajstić information content (AvgIpc) is 1.84. The van der Waals surface area contributed by atoms with Crippen molar-refractivity contribution in [2.24, 2.45) is 0 Å². The van der Waals surface area contributed by atoms with Crippen molar-refractivity contribution in [2.75, 3.05) is 0 Å². The van der Waals surface area contributed by atoms with Crippen LogP contribution in [0, 0.1) is 0 Å². The van der Waals surface area contributed by atoms with Crippen molar-refractivity contribution in [3.05, 3.63) is 0 Å². The summed E-state index contributed by atoms with van der Waals surface area (Å²) in [4.78, 5) is 0.